The average Bonchev–Trinajstić information content (AvgIpc) is 1.96. The summed E-state index contributed by atoms with van der Waals surface area (Å²) in [4.78, 5) is 10.3. The maximum atomic E-state index is 10.3. The predicted octanol–water partition coefficient (Wildman–Crippen LogP) is -5.21. The van der Waals surface area contributed by atoms with E-state index in [4.69, 9.17) is 0 Å². The van der Waals surface area contributed by atoms with Gasteiger partial charge in [-0.15, -0.1) is 0 Å². The van der Waals surface area contributed by atoms with Crippen molar-refractivity contribution in [2.75, 3.05) is 6.54 Å². The fourth-order valence-electron chi connectivity index (χ4n) is 0.598. The van der Waals surface area contributed by atoms with Crippen molar-refractivity contribution in [2.24, 2.45) is 0 Å². The van der Waals surface area contributed by atoms with Crippen molar-refractivity contribution in [1.29, 1.82) is 0 Å². The number of rotatable bonds is 5. The number of carboxylic acid groups (broad SMARTS) is 1. The smallest absolute Gasteiger partial charge is 0.548 e. The summed E-state index contributed by atoms with van der Waals surface area (Å²) in [7, 11) is -2.48. The van der Waals surface area contributed by atoms with Crippen molar-refractivity contribution >= 4 is 21.6 Å². The Morgan fingerprint density at radius 2 is 2.15 bits per heavy atom. The van der Waals surface area contributed by atoms with Gasteiger partial charge in [-0.1, -0.05) is 6.92 Å². The quantitative estimate of drug-likeness (QED) is 0.377. The molecular formula is C6H10KNO4S. The Hall–Kier alpha value is 0.756. The van der Waals surface area contributed by atoms with Gasteiger partial charge in [-0.2, -0.15) is 8.42 Å². The third-order valence-electron chi connectivity index (χ3n) is 1.12. The zero-order valence-corrected chi connectivity index (χ0v) is 11.5. The summed E-state index contributed by atoms with van der Waals surface area (Å²) in [6.07, 6.45) is 0.725. The fraction of sp³-hybridized carbons (Fsp3) is 0.667. The molecule has 0 bridgehead atoms. The number of nitrogens with one attached hydrogen (secondary N) is 1. The molecule has 0 saturated heterocycles. The Labute approximate surface area is 121 Å². The van der Waals surface area contributed by atoms with Gasteiger partial charge >= 0.3 is 51.4 Å². The maximum Gasteiger partial charge on any atom is 1.00 e. The van der Waals surface area contributed by atoms with Crippen LogP contribution in [0.2, 0.25) is 0 Å². The van der Waals surface area contributed by atoms with Crippen molar-refractivity contribution in [3.63, 3.8) is 0 Å². The SMILES string of the molecule is CCCN[C@@H](C=S(=O)=O)C(=O)[O-].[K+]. The van der Waals surface area contributed by atoms with E-state index in [1.54, 1.807) is 0 Å². The van der Waals surface area contributed by atoms with Gasteiger partial charge in [0.05, 0.1) is 17.4 Å². The molecule has 0 amide bonds. The molecule has 0 aliphatic carbocycles. The molecule has 70 valence electrons. The summed E-state index contributed by atoms with van der Waals surface area (Å²) in [6, 6.07) is -1.22. The van der Waals surface area contributed by atoms with Crippen LogP contribution in [-0.2, 0) is 15.1 Å². The zero-order chi connectivity index (χ0) is 9.56. The van der Waals surface area contributed by atoms with Gasteiger partial charge in [-0.3, -0.25) is 0 Å². The minimum absolute atomic E-state index is 0. The van der Waals surface area contributed by atoms with Gasteiger partial charge in [-0.25, -0.2) is 0 Å². The van der Waals surface area contributed by atoms with Gasteiger partial charge in [0.1, 0.15) is 0 Å². The monoisotopic (exact) mass is 231 g/mol. The first kappa shape index (κ1) is 16.2. The largest absolute Gasteiger partial charge is 1.00 e. The Kier molecular flexibility index (Phi) is 11.6. The Balaban J connectivity index is 0. The Bertz CT molecular complexity index is 266. The summed E-state index contributed by atoms with van der Waals surface area (Å²) in [5, 5.41) is 13.4. The van der Waals surface area contributed by atoms with Crippen LogP contribution in [0, 0.1) is 0 Å². The number of hydrogen-bond donors (Lipinski definition) is 1. The normalized spacial score (nSPS) is 11.2. The average molecular weight is 231 g/mol. The molecule has 1 N–H and O–H groups in total. The molecular weight excluding hydrogens is 221 g/mol. The van der Waals surface area contributed by atoms with E-state index >= 15 is 0 Å². The molecule has 1 atom stereocenters. The maximum absolute atomic E-state index is 10.3. The van der Waals surface area contributed by atoms with E-state index in [0.29, 0.717) is 11.9 Å². The fourth-order valence-corrected chi connectivity index (χ4v) is 1.03. The number of carbonyl (C=O) groups is 1. The van der Waals surface area contributed by atoms with Crippen molar-refractivity contribution in [3.05, 3.63) is 0 Å². The van der Waals surface area contributed by atoms with Gasteiger partial charge in [0.15, 0.2) is 0 Å². The van der Waals surface area contributed by atoms with Crippen molar-refractivity contribution < 1.29 is 69.7 Å². The van der Waals surface area contributed by atoms with Crippen LogP contribution >= 0.6 is 0 Å². The number of carbonyl (C=O) groups excluding carboxylic acids is 1. The van der Waals surface area contributed by atoms with Crippen molar-refractivity contribution in [1.82, 2.24) is 5.32 Å². The van der Waals surface area contributed by atoms with Gasteiger partial charge in [-0.05, 0) is 13.0 Å². The predicted molar refractivity (Wildman–Crippen MR) is 42.1 cm³/mol. The van der Waals surface area contributed by atoms with Crippen LogP contribution in [0.5, 0.6) is 0 Å². The summed E-state index contributed by atoms with van der Waals surface area (Å²) < 4.78 is 20.2. The van der Waals surface area contributed by atoms with Crippen LogP contribution in [0.1, 0.15) is 13.3 Å². The standard InChI is InChI=1S/C6H11NO4S.K/c1-2-3-7-5(6(8)9)4-12(10)11;/h4-5,7H,2-3H2,1H3,(H,8,9);/q;+1/p-1/t5-;/m0./s1. The van der Waals surface area contributed by atoms with Crippen LogP contribution in [-0.4, -0.2) is 32.3 Å². The van der Waals surface area contributed by atoms with Crippen LogP contribution in [0.3, 0.4) is 0 Å². The molecule has 0 spiro atoms. The molecule has 0 heterocycles. The van der Waals surface area contributed by atoms with Gasteiger partial charge in [0.2, 0.25) is 10.3 Å². The van der Waals surface area contributed by atoms with E-state index in [9.17, 15) is 18.3 Å². The summed E-state index contributed by atoms with van der Waals surface area (Å²) in [5.41, 5.74) is 0. The van der Waals surface area contributed by atoms with E-state index in [-0.39, 0.29) is 51.4 Å². The summed E-state index contributed by atoms with van der Waals surface area (Å²) in [5.74, 6) is -1.44. The summed E-state index contributed by atoms with van der Waals surface area (Å²) >= 11 is 0. The molecule has 13 heavy (non-hydrogen) atoms. The van der Waals surface area contributed by atoms with E-state index < -0.39 is 22.3 Å². The second-order valence-electron chi connectivity index (χ2n) is 2.15. The van der Waals surface area contributed by atoms with Gasteiger partial charge < -0.3 is 15.2 Å². The Morgan fingerprint density at radius 3 is 2.46 bits per heavy atom. The number of hydrogen-bond acceptors (Lipinski definition) is 5. The van der Waals surface area contributed by atoms with Crippen LogP contribution < -0.4 is 61.8 Å². The molecule has 0 aliphatic heterocycles. The minimum Gasteiger partial charge on any atom is -0.548 e. The van der Waals surface area contributed by atoms with E-state index in [0.717, 1.165) is 6.42 Å². The molecule has 0 radical (unpaired) electrons. The molecule has 5 nitrogen and oxygen atoms in total. The molecule has 0 aliphatic rings. The first-order chi connectivity index (χ1) is 5.57. The molecule has 0 aromatic rings. The van der Waals surface area contributed by atoms with Crippen LogP contribution in [0.4, 0.5) is 0 Å². The van der Waals surface area contributed by atoms with Crippen molar-refractivity contribution in [3.8, 4) is 0 Å². The van der Waals surface area contributed by atoms with Gasteiger partial charge in [0, 0.05) is 0 Å². The molecule has 0 rings (SSSR count). The van der Waals surface area contributed by atoms with E-state index in [1.165, 1.54) is 0 Å². The van der Waals surface area contributed by atoms with Crippen LogP contribution in [0.15, 0.2) is 0 Å². The first-order valence-corrected chi connectivity index (χ1v) is 4.59. The molecule has 7 heteroatoms. The van der Waals surface area contributed by atoms with Gasteiger partial charge in [0.25, 0.3) is 0 Å². The second kappa shape index (κ2) is 9.32. The third kappa shape index (κ3) is 9.07. The van der Waals surface area contributed by atoms with E-state index in [1.807, 2.05) is 6.92 Å². The molecule has 0 fully saturated rings. The first-order valence-electron chi connectivity index (χ1n) is 3.45. The number of aliphatic carboxylic acids is 1. The second-order valence-corrected chi connectivity index (χ2v) is 2.94. The molecule has 0 unspecified atom stereocenters. The topological polar surface area (TPSA) is 86.3 Å². The number of carboxylic acids is 1. The van der Waals surface area contributed by atoms with Crippen LogP contribution in [0.25, 0.3) is 0 Å². The Morgan fingerprint density at radius 1 is 1.62 bits per heavy atom. The molecule has 0 aromatic carbocycles. The van der Waals surface area contributed by atoms with Crippen molar-refractivity contribution in [2.45, 2.75) is 19.4 Å². The zero-order valence-electron chi connectivity index (χ0n) is 7.61. The minimum atomic E-state index is -2.48. The molecule has 0 aromatic heterocycles. The molecule has 0 saturated carbocycles. The third-order valence-corrected chi connectivity index (χ3v) is 1.61. The van der Waals surface area contributed by atoms with E-state index in [2.05, 4.69) is 5.32 Å². The summed E-state index contributed by atoms with van der Waals surface area (Å²) in [6.45, 7) is 2.28.